The molecule has 0 fully saturated rings. The van der Waals surface area contributed by atoms with Crippen molar-refractivity contribution in [3.63, 3.8) is 0 Å². The number of ketones is 2. The molecule has 0 aliphatic carbocycles. The molecule has 0 aromatic rings. The highest BCUT2D eigenvalue weighted by atomic mass is 16.1. The number of hydrogen-bond donors (Lipinski definition) is 1. The van der Waals surface area contributed by atoms with Gasteiger partial charge < -0.3 is 5.32 Å². The molecule has 0 aromatic heterocycles. The van der Waals surface area contributed by atoms with Crippen LogP contribution in [0.2, 0.25) is 0 Å². The largest absolute Gasteiger partial charge is 0.305 e. The van der Waals surface area contributed by atoms with Crippen LogP contribution in [0.4, 0.5) is 0 Å². The Morgan fingerprint density at radius 1 is 1.06 bits per heavy atom. The predicted molar refractivity (Wildman–Crippen MR) is 75.6 cm³/mol. The molecular weight excluding hydrogens is 226 g/mol. The monoisotopic (exact) mass is 255 g/mol. The molecule has 1 N–H and O–H groups in total. The molecule has 0 spiro atoms. The molecule has 0 aliphatic heterocycles. The molecule has 0 aromatic carbocycles. The second-order valence-corrected chi connectivity index (χ2v) is 6.64. The van der Waals surface area contributed by atoms with Gasteiger partial charge in [0.15, 0.2) is 5.78 Å². The molecule has 3 nitrogen and oxygen atoms in total. The van der Waals surface area contributed by atoms with E-state index in [0.717, 1.165) is 0 Å². The molecule has 0 amide bonds. The van der Waals surface area contributed by atoms with Gasteiger partial charge >= 0.3 is 0 Å². The predicted octanol–water partition coefficient (Wildman–Crippen LogP) is 2.97. The molecule has 0 saturated carbocycles. The molecule has 1 atom stereocenters. The van der Waals surface area contributed by atoms with E-state index in [0.29, 0.717) is 12.8 Å². The summed E-state index contributed by atoms with van der Waals surface area (Å²) in [7, 11) is 0. The Balaban J connectivity index is 4.52. The van der Waals surface area contributed by atoms with E-state index in [1.165, 1.54) is 0 Å². The minimum atomic E-state index is -0.316. The van der Waals surface area contributed by atoms with E-state index in [1.54, 1.807) is 0 Å². The fourth-order valence-electron chi connectivity index (χ4n) is 1.76. The molecule has 0 heterocycles. The van der Waals surface area contributed by atoms with Gasteiger partial charge in [-0.25, -0.2) is 0 Å². The first-order chi connectivity index (χ1) is 8.05. The summed E-state index contributed by atoms with van der Waals surface area (Å²) in [4.78, 5) is 24.0. The number of rotatable bonds is 7. The van der Waals surface area contributed by atoms with Gasteiger partial charge in [-0.1, -0.05) is 48.5 Å². The number of carbonyl (C=O) groups is 2. The summed E-state index contributed by atoms with van der Waals surface area (Å²) >= 11 is 0. The summed E-state index contributed by atoms with van der Waals surface area (Å²) < 4.78 is 0. The molecule has 0 saturated heterocycles. The van der Waals surface area contributed by atoms with E-state index in [2.05, 4.69) is 5.32 Å². The lowest BCUT2D eigenvalue weighted by Gasteiger charge is -2.23. The first-order valence-corrected chi connectivity index (χ1v) is 6.88. The zero-order valence-corrected chi connectivity index (χ0v) is 13.0. The van der Waals surface area contributed by atoms with Crippen molar-refractivity contribution < 1.29 is 9.59 Å². The quantitative estimate of drug-likeness (QED) is 0.760. The lowest BCUT2D eigenvalue weighted by molar-refractivity contribution is -0.127. The van der Waals surface area contributed by atoms with Crippen molar-refractivity contribution in [1.82, 2.24) is 5.32 Å². The van der Waals surface area contributed by atoms with Crippen molar-refractivity contribution in [3.8, 4) is 0 Å². The average molecular weight is 255 g/mol. The van der Waals surface area contributed by atoms with Crippen LogP contribution in [0.15, 0.2) is 0 Å². The second kappa shape index (κ2) is 7.03. The van der Waals surface area contributed by atoms with E-state index < -0.39 is 0 Å². The first kappa shape index (κ1) is 17.3. The highest BCUT2D eigenvalue weighted by Gasteiger charge is 2.26. The summed E-state index contributed by atoms with van der Waals surface area (Å²) in [6.45, 7) is 13.6. The molecule has 0 bridgehead atoms. The third-order valence-electron chi connectivity index (χ3n) is 2.94. The van der Waals surface area contributed by atoms with Crippen LogP contribution in [0, 0.1) is 11.3 Å². The average Bonchev–Trinajstić information content (AvgIpc) is 2.20. The SMILES string of the molecule is CC(C)N[C@@H](CCC(=O)C(C)(C)C)C(=O)C(C)C. The molecule has 3 heteroatoms. The third-order valence-corrected chi connectivity index (χ3v) is 2.94. The topological polar surface area (TPSA) is 46.2 Å². The maximum Gasteiger partial charge on any atom is 0.152 e. The number of nitrogens with one attached hydrogen (secondary N) is 1. The van der Waals surface area contributed by atoms with Gasteiger partial charge in [0.2, 0.25) is 0 Å². The van der Waals surface area contributed by atoms with Gasteiger partial charge in [-0.05, 0) is 6.42 Å². The van der Waals surface area contributed by atoms with E-state index in [-0.39, 0.29) is 35.0 Å². The van der Waals surface area contributed by atoms with Crippen molar-refractivity contribution >= 4 is 11.6 Å². The Hall–Kier alpha value is -0.700. The standard InChI is InChI=1S/C15H29NO2/c1-10(2)14(18)12(16-11(3)4)8-9-13(17)15(5,6)7/h10-12,16H,8-9H2,1-7H3/t12-/m0/s1. The van der Waals surface area contributed by atoms with Crippen molar-refractivity contribution in [2.45, 2.75) is 73.4 Å². The van der Waals surface area contributed by atoms with Crippen LogP contribution in [-0.4, -0.2) is 23.7 Å². The third kappa shape index (κ3) is 6.29. The van der Waals surface area contributed by atoms with Crippen LogP contribution in [-0.2, 0) is 9.59 Å². The highest BCUT2D eigenvalue weighted by molar-refractivity contribution is 5.88. The fourth-order valence-corrected chi connectivity index (χ4v) is 1.76. The number of Topliss-reactive ketones (excluding diaryl/α,β-unsaturated/α-hetero) is 2. The maximum atomic E-state index is 12.1. The zero-order valence-electron chi connectivity index (χ0n) is 13.0. The highest BCUT2D eigenvalue weighted by Crippen LogP contribution is 2.19. The maximum absolute atomic E-state index is 12.1. The summed E-state index contributed by atoms with van der Waals surface area (Å²) in [5.41, 5.74) is -0.316. The van der Waals surface area contributed by atoms with Crippen LogP contribution in [0.25, 0.3) is 0 Å². The normalized spacial score (nSPS) is 14.1. The number of hydrogen-bond acceptors (Lipinski definition) is 3. The van der Waals surface area contributed by atoms with E-state index >= 15 is 0 Å². The summed E-state index contributed by atoms with van der Waals surface area (Å²) in [5, 5.41) is 3.27. The summed E-state index contributed by atoms with van der Waals surface area (Å²) in [6.07, 6.45) is 1.07. The van der Waals surface area contributed by atoms with Gasteiger partial charge in [0.25, 0.3) is 0 Å². The van der Waals surface area contributed by atoms with Crippen LogP contribution >= 0.6 is 0 Å². The first-order valence-electron chi connectivity index (χ1n) is 6.88. The molecular formula is C15H29NO2. The summed E-state index contributed by atoms with van der Waals surface area (Å²) in [6, 6.07) is 0.0544. The van der Waals surface area contributed by atoms with Crippen molar-refractivity contribution in [2.75, 3.05) is 0 Å². The smallest absolute Gasteiger partial charge is 0.152 e. The van der Waals surface area contributed by atoms with Crippen LogP contribution in [0.1, 0.15) is 61.3 Å². The van der Waals surface area contributed by atoms with Crippen molar-refractivity contribution in [1.29, 1.82) is 0 Å². The minimum absolute atomic E-state index is 0.00555. The Kier molecular flexibility index (Phi) is 6.76. The Labute approximate surface area is 112 Å². The zero-order chi connectivity index (χ0) is 14.5. The minimum Gasteiger partial charge on any atom is -0.305 e. The summed E-state index contributed by atoms with van der Waals surface area (Å²) in [5.74, 6) is 0.422. The molecule has 0 aliphatic rings. The lowest BCUT2D eigenvalue weighted by atomic mass is 9.86. The van der Waals surface area contributed by atoms with Crippen LogP contribution in [0.5, 0.6) is 0 Å². The molecule has 0 unspecified atom stereocenters. The molecule has 18 heavy (non-hydrogen) atoms. The molecule has 106 valence electrons. The second-order valence-electron chi connectivity index (χ2n) is 6.64. The Morgan fingerprint density at radius 2 is 1.56 bits per heavy atom. The van der Waals surface area contributed by atoms with Gasteiger partial charge in [0.05, 0.1) is 6.04 Å². The van der Waals surface area contributed by atoms with Crippen molar-refractivity contribution in [2.24, 2.45) is 11.3 Å². The Bertz CT molecular complexity index is 287. The van der Waals surface area contributed by atoms with Gasteiger partial charge in [0.1, 0.15) is 5.78 Å². The van der Waals surface area contributed by atoms with Gasteiger partial charge in [-0.15, -0.1) is 0 Å². The fraction of sp³-hybridized carbons (Fsp3) is 0.867. The number of carbonyl (C=O) groups excluding carboxylic acids is 2. The van der Waals surface area contributed by atoms with E-state index in [4.69, 9.17) is 0 Å². The Morgan fingerprint density at radius 3 is 1.89 bits per heavy atom. The lowest BCUT2D eigenvalue weighted by Crippen LogP contribution is -2.43. The molecule has 0 rings (SSSR count). The van der Waals surface area contributed by atoms with E-state index in [1.807, 2.05) is 48.5 Å². The van der Waals surface area contributed by atoms with Crippen LogP contribution in [0.3, 0.4) is 0 Å². The molecule has 0 radical (unpaired) electrons. The van der Waals surface area contributed by atoms with Gasteiger partial charge in [-0.3, -0.25) is 9.59 Å². The van der Waals surface area contributed by atoms with Gasteiger partial charge in [-0.2, -0.15) is 0 Å². The van der Waals surface area contributed by atoms with Gasteiger partial charge in [0, 0.05) is 23.8 Å². The van der Waals surface area contributed by atoms with E-state index in [9.17, 15) is 9.59 Å². The van der Waals surface area contributed by atoms with Crippen LogP contribution < -0.4 is 5.32 Å². The van der Waals surface area contributed by atoms with Crippen molar-refractivity contribution in [3.05, 3.63) is 0 Å².